The van der Waals surface area contributed by atoms with Crippen LogP contribution in [0.4, 0.5) is 9.80 Å². The van der Waals surface area contributed by atoms with E-state index in [2.05, 4.69) is 10.2 Å². The quantitative estimate of drug-likeness (QED) is 0.369. The summed E-state index contributed by atoms with van der Waals surface area (Å²) >= 11 is 1.27. The third-order valence-corrected chi connectivity index (χ3v) is 9.62. The van der Waals surface area contributed by atoms with Crippen LogP contribution in [0.1, 0.15) is 77.1 Å². The maximum Gasteiger partial charge on any atom is 0.412 e. The predicted octanol–water partition coefficient (Wildman–Crippen LogP) is 5.64. The van der Waals surface area contributed by atoms with Gasteiger partial charge >= 0.3 is 18.0 Å². The molecule has 2 N–H and O–H groups in total. The molecule has 3 saturated heterocycles. The molecular weight excluding hydrogens is 598 g/mol. The number of cyclic esters (lactones) is 1. The second kappa shape index (κ2) is 12.6. The number of carbonyl (C=O) groups excluding carboxylic acids is 3. The van der Waals surface area contributed by atoms with E-state index in [-0.39, 0.29) is 17.9 Å². The number of amides is 2. The van der Waals surface area contributed by atoms with Crippen LogP contribution in [0.15, 0.2) is 30.3 Å². The molecule has 0 saturated carbocycles. The van der Waals surface area contributed by atoms with Crippen LogP contribution in [0.2, 0.25) is 0 Å². The Balaban J connectivity index is 1.29. The first-order valence-corrected chi connectivity index (χ1v) is 16.3. The van der Waals surface area contributed by atoms with E-state index in [9.17, 15) is 19.2 Å². The fourth-order valence-corrected chi connectivity index (χ4v) is 7.76. The number of esters is 1. The zero-order chi connectivity index (χ0) is 32.6. The molecule has 11 nitrogen and oxygen atoms in total. The van der Waals surface area contributed by atoms with Gasteiger partial charge in [0, 0.05) is 37.0 Å². The number of benzene rings is 1. The molecule has 2 aromatic rings. The van der Waals surface area contributed by atoms with Gasteiger partial charge in [-0.05, 0) is 103 Å². The van der Waals surface area contributed by atoms with Gasteiger partial charge in [-0.25, -0.2) is 9.59 Å². The molecule has 4 heterocycles. The van der Waals surface area contributed by atoms with Crippen molar-refractivity contribution in [1.82, 2.24) is 9.80 Å². The van der Waals surface area contributed by atoms with Gasteiger partial charge < -0.3 is 24.2 Å². The number of piperidine rings is 2. The highest BCUT2D eigenvalue weighted by Crippen LogP contribution is 2.47. The highest BCUT2D eigenvalue weighted by atomic mass is 32.1. The fraction of sp³-hybridized carbons (Fsp3) is 0.576. The number of likely N-dealkylation sites (tertiary alicyclic amines) is 2. The van der Waals surface area contributed by atoms with Gasteiger partial charge in [-0.15, -0.1) is 11.3 Å². The fourth-order valence-electron chi connectivity index (χ4n) is 6.72. The lowest BCUT2D eigenvalue weighted by molar-refractivity contribution is -0.154. The maximum atomic E-state index is 13.9. The average molecular weight is 642 g/mol. The highest BCUT2D eigenvalue weighted by molar-refractivity contribution is 7.20. The normalized spacial score (nSPS) is 22.2. The molecular formula is C33H43N3O8S. The minimum atomic E-state index is -1.07. The first-order chi connectivity index (χ1) is 21.1. The molecule has 0 aliphatic carbocycles. The molecule has 3 fully saturated rings. The van der Waals surface area contributed by atoms with E-state index in [4.69, 9.17) is 19.3 Å². The van der Waals surface area contributed by atoms with Crippen molar-refractivity contribution in [3.8, 4) is 16.2 Å². The summed E-state index contributed by atoms with van der Waals surface area (Å²) in [7, 11) is 0. The van der Waals surface area contributed by atoms with E-state index in [1.165, 1.54) is 11.3 Å². The van der Waals surface area contributed by atoms with E-state index in [0.717, 1.165) is 49.1 Å². The lowest BCUT2D eigenvalue weighted by Gasteiger charge is -2.44. The Morgan fingerprint density at radius 1 is 1.11 bits per heavy atom. The van der Waals surface area contributed by atoms with Crippen LogP contribution < -0.4 is 10.1 Å². The number of nitrogens with zero attached hydrogens (tertiary/aromatic N) is 2. The summed E-state index contributed by atoms with van der Waals surface area (Å²) in [4.78, 5) is 55.4. The minimum Gasteiger partial charge on any atom is -0.482 e. The SMILES string of the molecule is CC(C)(C)OC(=O)Nc1sc(-c2ccc(OCC(=O)O)cc2)cc1C(=O)N1CCC(N2CCCC3(C2)CC(C)(C)OC3=O)CC1. The number of hydrogen-bond donors (Lipinski definition) is 2. The molecule has 1 aromatic carbocycles. The average Bonchev–Trinajstić information content (AvgIpc) is 3.47. The zero-order valence-corrected chi connectivity index (χ0v) is 27.5. The van der Waals surface area contributed by atoms with Crippen molar-refractivity contribution >= 4 is 40.3 Å². The Morgan fingerprint density at radius 2 is 1.80 bits per heavy atom. The van der Waals surface area contributed by atoms with E-state index in [1.807, 2.05) is 18.7 Å². The monoisotopic (exact) mass is 641 g/mol. The predicted molar refractivity (Wildman–Crippen MR) is 170 cm³/mol. The number of aliphatic carboxylic acids is 1. The van der Waals surface area contributed by atoms with Gasteiger partial charge in [-0.3, -0.25) is 19.8 Å². The van der Waals surface area contributed by atoms with E-state index in [0.29, 0.717) is 35.9 Å². The van der Waals surface area contributed by atoms with E-state index < -0.39 is 35.3 Å². The number of carboxylic acids is 1. The van der Waals surface area contributed by atoms with Crippen LogP contribution in [-0.2, 0) is 19.1 Å². The van der Waals surface area contributed by atoms with E-state index in [1.54, 1.807) is 51.1 Å². The molecule has 12 heteroatoms. The molecule has 0 radical (unpaired) electrons. The van der Waals surface area contributed by atoms with Crippen molar-refractivity contribution in [3.05, 3.63) is 35.9 Å². The van der Waals surface area contributed by atoms with Crippen molar-refractivity contribution in [2.75, 3.05) is 38.1 Å². The van der Waals surface area contributed by atoms with Gasteiger partial charge in [0.25, 0.3) is 5.91 Å². The smallest absolute Gasteiger partial charge is 0.412 e. The summed E-state index contributed by atoms with van der Waals surface area (Å²) in [6.07, 6.45) is 3.49. The van der Waals surface area contributed by atoms with Crippen LogP contribution in [0.3, 0.4) is 0 Å². The molecule has 1 aromatic heterocycles. The number of thiophene rings is 1. The summed E-state index contributed by atoms with van der Waals surface area (Å²) in [5.41, 5.74) is -0.403. The van der Waals surface area contributed by atoms with Crippen LogP contribution in [0, 0.1) is 5.41 Å². The number of carboxylic acid groups (broad SMARTS) is 1. The number of hydrogen-bond acceptors (Lipinski definition) is 9. The Hall–Kier alpha value is -3.64. The first kappa shape index (κ1) is 32.7. The van der Waals surface area contributed by atoms with Gasteiger partial charge in [-0.1, -0.05) is 0 Å². The van der Waals surface area contributed by atoms with Crippen LogP contribution in [0.25, 0.3) is 10.4 Å². The van der Waals surface area contributed by atoms with Gasteiger partial charge in [-0.2, -0.15) is 0 Å². The Morgan fingerprint density at radius 3 is 2.40 bits per heavy atom. The van der Waals surface area contributed by atoms with Crippen LogP contribution in [-0.4, -0.2) is 88.9 Å². The number of ether oxygens (including phenoxy) is 3. The molecule has 1 atom stereocenters. The summed E-state index contributed by atoms with van der Waals surface area (Å²) in [6, 6.07) is 8.96. The van der Waals surface area contributed by atoms with Crippen molar-refractivity contribution in [3.63, 3.8) is 0 Å². The van der Waals surface area contributed by atoms with Crippen molar-refractivity contribution < 1.29 is 38.5 Å². The highest BCUT2D eigenvalue weighted by Gasteiger charge is 2.54. The Bertz CT molecular complexity index is 1440. The minimum absolute atomic E-state index is 0.0782. The second-order valence-corrected chi connectivity index (χ2v) is 14.9. The summed E-state index contributed by atoms with van der Waals surface area (Å²) in [6.45, 7) is 11.6. The summed E-state index contributed by atoms with van der Waals surface area (Å²) in [5.74, 6) is -0.896. The molecule has 244 valence electrons. The number of anilines is 1. The van der Waals surface area contributed by atoms with Crippen molar-refractivity contribution in [2.45, 2.75) is 84.0 Å². The van der Waals surface area contributed by atoms with Crippen molar-refractivity contribution in [1.29, 1.82) is 0 Å². The van der Waals surface area contributed by atoms with Gasteiger partial charge in [0.15, 0.2) is 6.61 Å². The maximum absolute atomic E-state index is 13.9. The third-order valence-electron chi connectivity index (χ3n) is 8.52. The lowest BCUT2D eigenvalue weighted by Crippen LogP contribution is -2.53. The van der Waals surface area contributed by atoms with Gasteiger partial charge in [0.2, 0.25) is 0 Å². The molecule has 0 bridgehead atoms. The first-order valence-electron chi connectivity index (χ1n) is 15.5. The standard InChI is InChI=1S/C33H43N3O8S/c1-31(2,3)44-30(41)34-27-24(17-25(45-27)21-7-9-23(10-8-21)42-18-26(37)38)28(39)35-15-11-22(12-16-35)36-14-6-13-33(20-36)19-32(4,5)43-29(33)40/h7-10,17,22H,6,11-16,18-20H2,1-5H3,(H,34,41)(H,37,38). The number of rotatable bonds is 7. The zero-order valence-electron chi connectivity index (χ0n) is 26.6. The molecule has 1 spiro atoms. The number of carbonyl (C=O) groups is 4. The lowest BCUT2D eigenvalue weighted by atomic mass is 9.74. The largest absolute Gasteiger partial charge is 0.482 e. The third kappa shape index (κ3) is 7.78. The van der Waals surface area contributed by atoms with Gasteiger partial charge in [0.05, 0.1) is 11.0 Å². The molecule has 1 unspecified atom stereocenters. The van der Waals surface area contributed by atoms with Crippen LogP contribution >= 0.6 is 11.3 Å². The molecule has 3 aliphatic heterocycles. The summed E-state index contributed by atoms with van der Waals surface area (Å²) in [5, 5.41) is 12.1. The number of nitrogens with one attached hydrogen (secondary N) is 1. The van der Waals surface area contributed by atoms with Crippen molar-refractivity contribution in [2.24, 2.45) is 5.41 Å². The Kier molecular flexibility index (Phi) is 9.19. The van der Waals surface area contributed by atoms with Gasteiger partial charge in [0.1, 0.15) is 22.0 Å². The summed E-state index contributed by atoms with van der Waals surface area (Å²) < 4.78 is 16.4. The Labute approximate surface area is 267 Å². The molecule has 45 heavy (non-hydrogen) atoms. The van der Waals surface area contributed by atoms with E-state index >= 15 is 0 Å². The molecule has 2 amide bonds. The topological polar surface area (TPSA) is 135 Å². The molecule has 5 rings (SSSR count). The molecule has 3 aliphatic rings. The van der Waals surface area contributed by atoms with Crippen LogP contribution in [0.5, 0.6) is 5.75 Å². The second-order valence-electron chi connectivity index (χ2n) is 13.9.